The Hall–Kier alpha value is -2.04. The Balaban J connectivity index is 2.65. The zero-order valence-corrected chi connectivity index (χ0v) is 8.10. The summed E-state index contributed by atoms with van der Waals surface area (Å²) in [6.07, 6.45) is 0. The van der Waals surface area contributed by atoms with Gasteiger partial charge in [0.2, 0.25) is 0 Å². The number of carbonyl (C=O) groups is 2. The van der Waals surface area contributed by atoms with Crippen LogP contribution in [0.15, 0.2) is 24.3 Å². The molecule has 0 aromatic heterocycles. The SMILES string of the molecule is COc1ccccc1COC(=O)C(=O)O. The van der Waals surface area contributed by atoms with Gasteiger partial charge in [-0.15, -0.1) is 0 Å². The minimum Gasteiger partial charge on any atom is -0.496 e. The first-order valence-corrected chi connectivity index (χ1v) is 4.17. The number of methoxy groups -OCH3 is 1. The quantitative estimate of drug-likeness (QED) is 0.590. The van der Waals surface area contributed by atoms with Crippen molar-refractivity contribution in [3.05, 3.63) is 29.8 Å². The molecule has 0 fully saturated rings. The van der Waals surface area contributed by atoms with Crippen LogP contribution in [0.3, 0.4) is 0 Å². The van der Waals surface area contributed by atoms with Crippen molar-refractivity contribution in [3.63, 3.8) is 0 Å². The van der Waals surface area contributed by atoms with Crippen molar-refractivity contribution in [2.75, 3.05) is 7.11 Å². The summed E-state index contributed by atoms with van der Waals surface area (Å²) < 4.78 is 9.51. The summed E-state index contributed by atoms with van der Waals surface area (Å²) in [5, 5.41) is 8.28. The summed E-state index contributed by atoms with van der Waals surface area (Å²) in [6.45, 7) is -0.116. The maximum atomic E-state index is 10.7. The van der Waals surface area contributed by atoms with Gasteiger partial charge in [-0.2, -0.15) is 0 Å². The van der Waals surface area contributed by atoms with Crippen LogP contribution in [0.5, 0.6) is 5.75 Å². The largest absolute Gasteiger partial charge is 0.496 e. The Labute approximate surface area is 86.2 Å². The lowest BCUT2D eigenvalue weighted by Crippen LogP contribution is -2.16. The van der Waals surface area contributed by atoms with Gasteiger partial charge in [0, 0.05) is 5.56 Å². The van der Waals surface area contributed by atoms with E-state index in [1.54, 1.807) is 24.3 Å². The van der Waals surface area contributed by atoms with E-state index in [-0.39, 0.29) is 6.61 Å². The molecule has 0 bridgehead atoms. The topological polar surface area (TPSA) is 72.8 Å². The molecule has 0 heterocycles. The third-order valence-electron chi connectivity index (χ3n) is 1.73. The van der Waals surface area contributed by atoms with Gasteiger partial charge >= 0.3 is 11.9 Å². The van der Waals surface area contributed by atoms with Crippen LogP contribution in [0.1, 0.15) is 5.56 Å². The van der Waals surface area contributed by atoms with Gasteiger partial charge in [0.15, 0.2) is 0 Å². The molecule has 0 saturated heterocycles. The third-order valence-corrected chi connectivity index (χ3v) is 1.73. The molecular weight excluding hydrogens is 200 g/mol. The van der Waals surface area contributed by atoms with Crippen molar-refractivity contribution in [3.8, 4) is 5.75 Å². The Morgan fingerprint density at radius 1 is 1.33 bits per heavy atom. The third kappa shape index (κ3) is 2.98. The van der Waals surface area contributed by atoms with E-state index in [1.807, 2.05) is 0 Å². The predicted molar refractivity (Wildman–Crippen MR) is 50.4 cm³/mol. The van der Waals surface area contributed by atoms with Crippen molar-refractivity contribution in [2.45, 2.75) is 6.61 Å². The van der Waals surface area contributed by atoms with E-state index in [1.165, 1.54) is 7.11 Å². The Kier molecular flexibility index (Phi) is 3.68. The van der Waals surface area contributed by atoms with E-state index in [0.29, 0.717) is 11.3 Å². The Morgan fingerprint density at radius 2 is 2.00 bits per heavy atom. The number of rotatable bonds is 3. The number of esters is 1. The fraction of sp³-hybridized carbons (Fsp3) is 0.200. The van der Waals surface area contributed by atoms with Crippen LogP contribution < -0.4 is 4.74 Å². The highest BCUT2D eigenvalue weighted by Gasteiger charge is 2.13. The molecule has 0 radical (unpaired) electrons. The molecule has 0 saturated carbocycles. The van der Waals surface area contributed by atoms with Crippen LogP contribution in [0, 0.1) is 0 Å². The summed E-state index contributed by atoms with van der Waals surface area (Å²) in [5.74, 6) is -2.33. The zero-order valence-electron chi connectivity index (χ0n) is 8.10. The standard InChI is InChI=1S/C10H10O5/c1-14-8-5-3-2-4-7(8)6-15-10(13)9(11)12/h2-5H,6H2,1H3,(H,11,12). The second-order valence-corrected chi connectivity index (χ2v) is 2.69. The molecule has 1 N–H and O–H groups in total. The maximum Gasteiger partial charge on any atom is 0.417 e. The molecule has 0 unspecified atom stereocenters. The van der Waals surface area contributed by atoms with Gasteiger partial charge in [-0.3, -0.25) is 0 Å². The van der Waals surface area contributed by atoms with E-state index < -0.39 is 11.9 Å². The molecule has 0 amide bonds. The van der Waals surface area contributed by atoms with E-state index in [9.17, 15) is 9.59 Å². The number of hydrogen-bond donors (Lipinski definition) is 1. The highest BCUT2D eigenvalue weighted by Crippen LogP contribution is 2.17. The van der Waals surface area contributed by atoms with Crippen LogP contribution >= 0.6 is 0 Å². The van der Waals surface area contributed by atoms with Crippen LogP contribution in [0.2, 0.25) is 0 Å². The number of benzene rings is 1. The van der Waals surface area contributed by atoms with Crippen LogP contribution in [-0.4, -0.2) is 24.2 Å². The predicted octanol–water partition coefficient (Wildman–Crippen LogP) is 0.823. The number of carbonyl (C=O) groups excluding carboxylic acids is 1. The van der Waals surface area contributed by atoms with E-state index >= 15 is 0 Å². The zero-order chi connectivity index (χ0) is 11.3. The minimum atomic E-state index is -1.61. The van der Waals surface area contributed by atoms with Gasteiger partial charge in [-0.25, -0.2) is 9.59 Å². The molecule has 0 aliphatic carbocycles. The monoisotopic (exact) mass is 210 g/mol. The number of carboxylic acid groups (broad SMARTS) is 1. The summed E-state index contributed by atoms with van der Waals surface area (Å²) in [4.78, 5) is 20.8. The second kappa shape index (κ2) is 4.99. The van der Waals surface area contributed by atoms with E-state index in [0.717, 1.165) is 0 Å². The molecule has 0 atom stereocenters. The number of aliphatic carboxylic acids is 1. The Morgan fingerprint density at radius 3 is 2.60 bits per heavy atom. The first-order chi connectivity index (χ1) is 7.15. The molecule has 15 heavy (non-hydrogen) atoms. The van der Waals surface area contributed by atoms with Gasteiger partial charge in [-0.05, 0) is 6.07 Å². The minimum absolute atomic E-state index is 0.116. The number of para-hydroxylation sites is 1. The van der Waals surface area contributed by atoms with Crippen LogP contribution in [0.25, 0.3) is 0 Å². The summed E-state index contributed by atoms with van der Waals surface area (Å²) in [5.41, 5.74) is 0.620. The molecular formula is C10H10O5. The highest BCUT2D eigenvalue weighted by atomic mass is 16.6. The lowest BCUT2D eigenvalue weighted by atomic mass is 10.2. The van der Waals surface area contributed by atoms with Crippen molar-refractivity contribution >= 4 is 11.9 Å². The molecule has 1 aromatic rings. The molecule has 80 valence electrons. The van der Waals surface area contributed by atoms with Crippen LogP contribution in [-0.2, 0) is 20.9 Å². The van der Waals surface area contributed by atoms with E-state index in [4.69, 9.17) is 9.84 Å². The Bertz CT molecular complexity index is 372. The van der Waals surface area contributed by atoms with Gasteiger partial charge in [0.1, 0.15) is 12.4 Å². The highest BCUT2D eigenvalue weighted by molar-refractivity contribution is 6.28. The normalized spacial score (nSPS) is 9.40. The smallest absolute Gasteiger partial charge is 0.417 e. The lowest BCUT2D eigenvalue weighted by molar-refractivity contribution is -0.164. The lowest BCUT2D eigenvalue weighted by Gasteiger charge is -2.07. The molecule has 1 rings (SSSR count). The van der Waals surface area contributed by atoms with Crippen molar-refractivity contribution in [1.29, 1.82) is 0 Å². The van der Waals surface area contributed by atoms with Crippen molar-refractivity contribution < 1.29 is 24.2 Å². The van der Waals surface area contributed by atoms with Gasteiger partial charge < -0.3 is 14.6 Å². The molecule has 0 aliphatic heterocycles. The molecule has 0 spiro atoms. The van der Waals surface area contributed by atoms with Gasteiger partial charge in [0.25, 0.3) is 0 Å². The summed E-state index contributed by atoms with van der Waals surface area (Å²) in [6, 6.07) is 6.89. The number of hydrogen-bond acceptors (Lipinski definition) is 4. The molecule has 5 heteroatoms. The first-order valence-electron chi connectivity index (χ1n) is 4.17. The average molecular weight is 210 g/mol. The molecule has 0 aliphatic rings. The van der Waals surface area contributed by atoms with Crippen molar-refractivity contribution in [1.82, 2.24) is 0 Å². The van der Waals surface area contributed by atoms with Crippen LogP contribution in [0.4, 0.5) is 0 Å². The second-order valence-electron chi connectivity index (χ2n) is 2.69. The number of carboxylic acids is 1. The van der Waals surface area contributed by atoms with Crippen molar-refractivity contribution in [2.24, 2.45) is 0 Å². The van der Waals surface area contributed by atoms with E-state index in [2.05, 4.69) is 4.74 Å². The number of ether oxygens (including phenoxy) is 2. The fourth-order valence-electron chi connectivity index (χ4n) is 1.03. The van der Waals surface area contributed by atoms with Gasteiger partial charge in [0.05, 0.1) is 7.11 Å². The average Bonchev–Trinajstić information content (AvgIpc) is 2.26. The maximum absolute atomic E-state index is 10.7. The molecule has 1 aromatic carbocycles. The molecule has 5 nitrogen and oxygen atoms in total. The summed E-state index contributed by atoms with van der Waals surface area (Å²) in [7, 11) is 1.48. The fourth-order valence-corrected chi connectivity index (χ4v) is 1.03. The first kappa shape index (κ1) is 11.0. The summed E-state index contributed by atoms with van der Waals surface area (Å²) >= 11 is 0. The van der Waals surface area contributed by atoms with Gasteiger partial charge in [-0.1, -0.05) is 18.2 Å².